The zero-order valence-corrected chi connectivity index (χ0v) is 10.3. The second-order valence-corrected chi connectivity index (χ2v) is 4.23. The number of alkyl halides is 1. The number of ether oxygens (including phenoxy) is 1. The topological polar surface area (TPSA) is 26.3 Å². The number of carbonyl (C=O) groups excluding carboxylic acids is 1. The summed E-state index contributed by atoms with van der Waals surface area (Å²) < 4.78 is 5.44. The van der Waals surface area contributed by atoms with E-state index in [1.165, 1.54) is 0 Å². The lowest BCUT2D eigenvalue weighted by Gasteiger charge is -2.25. The summed E-state index contributed by atoms with van der Waals surface area (Å²) in [5.41, 5.74) is 2.01. The molecule has 0 radical (unpaired) electrons. The highest BCUT2D eigenvalue weighted by atomic mass is 35.5. The number of carbonyl (C=O) groups is 1. The van der Waals surface area contributed by atoms with Crippen molar-refractivity contribution in [1.82, 2.24) is 0 Å². The summed E-state index contributed by atoms with van der Waals surface area (Å²) in [4.78, 5) is 11.5. The van der Waals surface area contributed by atoms with Crippen molar-refractivity contribution in [2.24, 2.45) is 5.92 Å². The second-order valence-electron chi connectivity index (χ2n) is 3.96. The predicted octanol–water partition coefficient (Wildman–Crippen LogP) is 2.95. The molecule has 86 valence electrons. The average Bonchev–Trinajstić information content (AvgIpc) is 2.26. The molecule has 0 saturated carbocycles. The summed E-state index contributed by atoms with van der Waals surface area (Å²) in [6.45, 7) is 5.19. The molecule has 1 aliphatic heterocycles. The average molecular weight is 231 g/mol. The summed E-state index contributed by atoms with van der Waals surface area (Å²) >= 11 is 5.95. The maximum absolute atomic E-state index is 11.5. The molecule has 1 heterocycles. The Balaban J connectivity index is 2.87. The van der Waals surface area contributed by atoms with E-state index in [0.717, 1.165) is 43.6 Å². The van der Waals surface area contributed by atoms with Crippen molar-refractivity contribution in [3.8, 4) is 0 Å². The van der Waals surface area contributed by atoms with Gasteiger partial charge in [-0.3, -0.25) is 4.79 Å². The fourth-order valence-electron chi connectivity index (χ4n) is 2.15. The van der Waals surface area contributed by atoms with Crippen LogP contribution < -0.4 is 0 Å². The van der Waals surface area contributed by atoms with E-state index in [9.17, 15) is 4.79 Å². The van der Waals surface area contributed by atoms with Crippen molar-refractivity contribution in [2.75, 3.05) is 19.1 Å². The van der Waals surface area contributed by atoms with Crippen LogP contribution in [-0.4, -0.2) is 24.9 Å². The SMILES string of the molecule is CC/C(C(C)=O)=C(\CCl)C1CCCOC1. The molecule has 15 heavy (non-hydrogen) atoms. The molecule has 0 spiro atoms. The van der Waals surface area contributed by atoms with Gasteiger partial charge in [0.05, 0.1) is 6.61 Å². The first-order valence-corrected chi connectivity index (χ1v) is 6.10. The molecule has 0 aromatic rings. The van der Waals surface area contributed by atoms with E-state index in [2.05, 4.69) is 0 Å². The Labute approximate surface area is 96.6 Å². The predicted molar refractivity (Wildman–Crippen MR) is 62.3 cm³/mol. The van der Waals surface area contributed by atoms with Crippen LogP contribution in [-0.2, 0) is 9.53 Å². The number of halogens is 1. The van der Waals surface area contributed by atoms with Crippen LogP contribution in [0.4, 0.5) is 0 Å². The van der Waals surface area contributed by atoms with Crippen LogP contribution in [0.25, 0.3) is 0 Å². The van der Waals surface area contributed by atoms with Gasteiger partial charge in [-0.05, 0) is 37.3 Å². The molecule has 1 fully saturated rings. The third-order valence-electron chi connectivity index (χ3n) is 2.96. The van der Waals surface area contributed by atoms with E-state index in [4.69, 9.17) is 16.3 Å². The highest BCUT2D eigenvalue weighted by Crippen LogP contribution is 2.27. The maximum Gasteiger partial charge on any atom is 0.155 e. The molecule has 0 amide bonds. The van der Waals surface area contributed by atoms with E-state index in [0.29, 0.717) is 11.8 Å². The molecule has 0 aromatic carbocycles. The molecule has 2 nitrogen and oxygen atoms in total. The van der Waals surface area contributed by atoms with Gasteiger partial charge in [-0.2, -0.15) is 0 Å². The third kappa shape index (κ3) is 3.32. The smallest absolute Gasteiger partial charge is 0.155 e. The molecule has 1 unspecified atom stereocenters. The lowest BCUT2D eigenvalue weighted by molar-refractivity contribution is -0.113. The van der Waals surface area contributed by atoms with Crippen molar-refractivity contribution >= 4 is 17.4 Å². The van der Waals surface area contributed by atoms with Crippen LogP contribution in [0.3, 0.4) is 0 Å². The van der Waals surface area contributed by atoms with Crippen molar-refractivity contribution < 1.29 is 9.53 Å². The quantitative estimate of drug-likeness (QED) is 0.548. The molecule has 0 aliphatic carbocycles. The van der Waals surface area contributed by atoms with Gasteiger partial charge in [-0.15, -0.1) is 11.6 Å². The Hall–Kier alpha value is -0.340. The molecular weight excluding hydrogens is 212 g/mol. The first kappa shape index (κ1) is 12.7. The molecule has 1 saturated heterocycles. The fourth-order valence-corrected chi connectivity index (χ4v) is 2.53. The summed E-state index contributed by atoms with van der Waals surface area (Å²) in [5.74, 6) is 0.963. The number of ketones is 1. The minimum Gasteiger partial charge on any atom is -0.381 e. The molecule has 0 aromatic heterocycles. The van der Waals surface area contributed by atoms with Crippen LogP contribution >= 0.6 is 11.6 Å². The van der Waals surface area contributed by atoms with Crippen LogP contribution in [0.5, 0.6) is 0 Å². The van der Waals surface area contributed by atoms with Gasteiger partial charge >= 0.3 is 0 Å². The number of allylic oxidation sites excluding steroid dienone is 1. The number of Topliss-reactive ketones (excluding diaryl/α,β-unsaturated/α-hetero) is 1. The van der Waals surface area contributed by atoms with Crippen molar-refractivity contribution in [2.45, 2.75) is 33.1 Å². The lowest BCUT2D eigenvalue weighted by Crippen LogP contribution is -2.22. The van der Waals surface area contributed by atoms with Crippen LogP contribution in [0.15, 0.2) is 11.1 Å². The Morgan fingerprint density at radius 2 is 2.27 bits per heavy atom. The fraction of sp³-hybridized carbons (Fsp3) is 0.750. The van der Waals surface area contributed by atoms with Gasteiger partial charge in [0.15, 0.2) is 5.78 Å². The standard InChI is InChI=1S/C12H19ClO2/c1-3-11(9(2)14)12(7-13)10-5-4-6-15-8-10/h10H,3-8H2,1-2H3/b12-11-. The van der Waals surface area contributed by atoms with E-state index in [1.807, 2.05) is 6.92 Å². The summed E-state index contributed by atoms with van der Waals surface area (Å²) in [6, 6.07) is 0. The van der Waals surface area contributed by atoms with E-state index in [-0.39, 0.29) is 5.78 Å². The number of hydrogen-bond acceptors (Lipinski definition) is 2. The molecule has 1 atom stereocenters. The van der Waals surface area contributed by atoms with E-state index < -0.39 is 0 Å². The summed E-state index contributed by atoms with van der Waals surface area (Å²) in [6.07, 6.45) is 2.94. The Kier molecular flexibility index (Phi) is 5.34. The Bertz CT molecular complexity index is 252. The van der Waals surface area contributed by atoms with Crippen LogP contribution in [0, 0.1) is 5.92 Å². The summed E-state index contributed by atoms with van der Waals surface area (Å²) in [5, 5.41) is 0. The number of rotatable bonds is 4. The molecule has 0 bridgehead atoms. The normalized spacial score (nSPS) is 23.5. The zero-order chi connectivity index (χ0) is 11.3. The number of hydrogen-bond donors (Lipinski definition) is 0. The molecule has 1 rings (SSSR count). The van der Waals surface area contributed by atoms with Gasteiger partial charge in [0.2, 0.25) is 0 Å². The van der Waals surface area contributed by atoms with Crippen molar-refractivity contribution in [1.29, 1.82) is 0 Å². The van der Waals surface area contributed by atoms with Gasteiger partial charge in [0.1, 0.15) is 0 Å². The highest BCUT2D eigenvalue weighted by Gasteiger charge is 2.21. The lowest BCUT2D eigenvalue weighted by atomic mass is 9.88. The van der Waals surface area contributed by atoms with Gasteiger partial charge in [-0.25, -0.2) is 0 Å². The molecule has 0 N–H and O–H groups in total. The second kappa shape index (κ2) is 6.29. The van der Waals surface area contributed by atoms with Crippen LogP contribution in [0.2, 0.25) is 0 Å². The highest BCUT2D eigenvalue weighted by molar-refractivity contribution is 6.20. The molecule has 1 aliphatic rings. The van der Waals surface area contributed by atoms with Crippen molar-refractivity contribution in [3.63, 3.8) is 0 Å². The molecule has 3 heteroatoms. The Morgan fingerprint density at radius 1 is 1.53 bits per heavy atom. The summed E-state index contributed by atoms with van der Waals surface area (Å²) in [7, 11) is 0. The van der Waals surface area contributed by atoms with Crippen molar-refractivity contribution in [3.05, 3.63) is 11.1 Å². The largest absolute Gasteiger partial charge is 0.381 e. The van der Waals surface area contributed by atoms with E-state index >= 15 is 0 Å². The Morgan fingerprint density at radius 3 is 2.67 bits per heavy atom. The van der Waals surface area contributed by atoms with Crippen LogP contribution in [0.1, 0.15) is 33.1 Å². The molecular formula is C12H19ClO2. The maximum atomic E-state index is 11.5. The van der Waals surface area contributed by atoms with Gasteiger partial charge in [-0.1, -0.05) is 6.92 Å². The monoisotopic (exact) mass is 230 g/mol. The zero-order valence-electron chi connectivity index (χ0n) is 9.51. The third-order valence-corrected chi connectivity index (χ3v) is 3.25. The van der Waals surface area contributed by atoms with E-state index in [1.54, 1.807) is 6.92 Å². The van der Waals surface area contributed by atoms with Gasteiger partial charge in [0.25, 0.3) is 0 Å². The first-order chi connectivity index (χ1) is 7.20. The minimum absolute atomic E-state index is 0.152. The minimum atomic E-state index is 0.152. The van der Waals surface area contributed by atoms with Gasteiger partial charge in [0, 0.05) is 18.4 Å². The van der Waals surface area contributed by atoms with Gasteiger partial charge < -0.3 is 4.74 Å². The first-order valence-electron chi connectivity index (χ1n) is 5.57.